The number of rotatable bonds is 11. The lowest BCUT2D eigenvalue weighted by Gasteiger charge is -2.31. The summed E-state index contributed by atoms with van der Waals surface area (Å²) in [5, 5.41) is 3.61. The van der Waals surface area contributed by atoms with Gasteiger partial charge in [0.1, 0.15) is 11.6 Å². The number of imidazole rings is 2. The number of nitrogens with zero attached hydrogens (tertiary/aromatic N) is 4. The summed E-state index contributed by atoms with van der Waals surface area (Å²) in [4.78, 5) is 32.2. The lowest BCUT2D eigenvalue weighted by molar-refractivity contribution is 0.0721. The van der Waals surface area contributed by atoms with Crippen molar-refractivity contribution in [2.75, 3.05) is 26.2 Å². The van der Waals surface area contributed by atoms with Gasteiger partial charge in [-0.25, -0.2) is 9.97 Å². The molecule has 0 aliphatic carbocycles. The van der Waals surface area contributed by atoms with Crippen LogP contribution in [-0.4, -0.2) is 61.8 Å². The van der Waals surface area contributed by atoms with Crippen LogP contribution < -0.4 is 5.32 Å². The highest BCUT2D eigenvalue weighted by atomic mass is 16.2. The van der Waals surface area contributed by atoms with Crippen LogP contribution in [0.25, 0.3) is 0 Å². The zero-order chi connectivity index (χ0) is 22.9. The summed E-state index contributed by atoms with van der Waals surface area (Å²) in [5.41, 5.74) is 1.86. The molecule has 0 saturated carbocycles. The molecule has 3 N–H and O–H groups in total. The highest BCUT2D eigenvalue weighted by molar-refractivity contribution is 5.94. The fourth-order valence-corrected chi connectivity index (χ4v) is 4.43. The Hall–Kier alpha value is -2.97. The quantitative estimate of drug-likeness (QED) is 0.418. The minimum atomic E-state index is -0.0406. The molecule has 1 aliphatic rings. The van der Waals surface area contributed by atoms with Gasteiger partial charge in [-0.2, -0.15) is 0 Å². The molecule has 2 aromatic heterocycles. The second-order valence-corrected chi connectivity index (χ2v) is 8.85. The van der Waals surface area contributed by atoms with Gasteiger partial charge in [0.25, 0.3) is 5.91 Å². The van der Waals surface area contributed by atoms with Crippen LogP contribution in [-0.2, 0) is 19.6 Å². The number of nitrogens with one attached hydrogen (secondary N) is 3. The van der Waals surface area contributed by atoms with Gasteiger partial charge < -0.3 is 25.1 Å². The van der Waals surface area contributed by atoms with Gasteiger partial charge in [0.05, 0.1) is 13.1 Å². The SMILES string of the molecule is CCCN1CCC(CNCc2ccc(C(=O)N(Cc3ncc[nH]3)Cc3ncc[nH]3)cc2)CC1. The Bertz CT molecular complexity index is 909. The summed E-state index contributed by atoms with van der Waals surface area (Å²) in [7, 11) is 0. The molecule has 1 amide bonds. The van der Waals surface area contributed by atoms with E-state index in [9.17, 15) is 4.79 Å². The maximum absolute atomic E-state index is 13.2. The van der Waals surface area contributed by atoms with Crippen molar-refractivity contribution in [2.45, 2.75) is 45.8 Å². The summed E-state index contributed by atoms with van der Waals surface area (Å²) < 4.78 is 0. The third kappa shape index (κ3) is 6.76. The van der Waals surface area contributed by atoms with Crippen LogP contribution in [0.5, 0.6) is 0 Å². The summed E-state index contributed by atoms with van der Waals surface area (Å²) >= 11 is 0. The largest absolute Gasteiger partial charge is 0.347 e. The van der Waals surface area contributed by atoms with Gasteiger partial charge in [-0.1, -0.05) is 19.1 Å². The Morgan fingerprint density at radius 3 is 2.24 bits per heavy atom. The Labute approximate surface area is 195 Å². The first-order valence-electron chi connectivity index (χ1n) is 12.0. The number of H-pyrrole nitrogens is 2. The number of aromatic nitrogens is 4. The van der Waals surface area contributed by atoms with Crippen molar-refractivity contribution in [2.24, 2.45) is 5.92 Å². The number of amides is 1. The molecule has 8 heteroatoms. The number of aromatic amines is 2. The molecule has 1 aromatic carbocycles. The molecule has 3 heterocycles. The van der Waals surface area contributed by atoms with E-state index in [0.29, 0.717) is 18.7 Å². The molecule has 0 radical (unpaired) electrons. The zero-order valence-corrected chi connectivity index (χ0v) is 19.5. The normalized spacial score (nSPS) is 15.1. The highest BCUT2D eigenvalue weighted by Crippen LogP contribution is 2.17. The smallest absolute Gasteiger partial charge is 0.254 e. The molecule has 33 heavy (non-hydrogen) atoms. The van der Waals surface area contributed by atoms with Gasteiger partial charge in [-0.3, -0.25) is 4.79 Å². The molecule has 176 valence electrons. The van der Waals surface area contributed by atoms with Crippen molar-refractivity contribution in [1.29, 1.82) is 0 Å². The first kappa shape index (κ1) is 23.2. The van der Waals surface area contributed by atoms with Crippen LogP contribution in [0, 0.1) is 5.92 Å². The van der Waals surface area contributed by atoms with E-state index in [4.69, 9.17) is 0 Å². The molecule has 1 aliphatic heterocycles. The number of likely N-dealkylation sites (tertiary alicyclic amines) is 1. The second-order valence-electron chi connectivity index (χ2n) is 8.85. The van der Waals surface area contributed by atoms with E-state index in [2.05, 4.69) is 37.1 Å². The monoisotopic (exact) mass is 449 g/mol. The molecule has 3 aromatic rings. The van der Waals surface area contributed by atoms with E-state index in [1.165, 1.54) is 44.5 Å². The van der Waals surface area contributed by atoms with Crippen LogP contribution in [0.2, 0.25) is 0 Å². The van der Waals surface area contributed by atoms with Crippen LogP contribution in [0.3, 0.4) is 0 Å². The van der Waals surface area contributed by atoms with Gasteiger partial charge in [0.15, 0.2) is 0 Å². The molecule has 1 fully saturated rings. The predicted octanol–water partition coefficient (Wildman–Crippen LogP) is 3.19. The average Bonchev–Trinajstić information content (AvgIpc) is 3.55. The van der Waals surface area contributed by atoms with E-state index in [-0.39, 0.29) is 5.91 Å². The van der Waals surface area contributed by atoms with E-state index < -0.39 is 0 Å². The lowest BCUT2D eigenvalue weighted by atomic mass is 9.96. The van der Waals surface area contributed by atoms with Crippen molar-refractivity contribution >= 4 is 5.91 Å². The Morgan fingerprint density at radius 1 is 1.06 bits per heavy atom. The fraction of sp³-hybridized carbons (Fsp3) is 0.480. The number of benzene rings is 1. The first-order valence-corrected chi connectivity index (χ1v) is 12.0. The van der Waals surface area contributed by atoms with E-state index in [0.717, 1.165) is 30.7 Å². The van der Waals surface area contributed by atoms with E-state index in [1.54, 1.807) is 29.7 Å². The van der Waals surface area contributed by atoms with Crippen molar-refractivity contribution in [3.63, 3.8) is 0 Å². The lowest BCUT2D eigenvalue weighted by Crippen LogP contribution is -2.37. The van der Waals surface area contributed by atoms with Crippen LogP contribution in [0.1, 0.15) is 53.8 Å². The number of piperidine rings is 1. The topological polar surface area (TPSA) is 92.9 Å². The highest BCUT2D eigenvalue weighted by Gasteiger charge is 2.20. The number of hydrogen-bond donors (Lipinski definition) is 3. The third-order valence-corrected chi connectivity index (χ3v) is 6.29. The van der Waals surface area contributed by atoms with E-state index in [1.807, 2.05) is 24.3 Å². The average molecular weight is 450 g/mol. The van der Waals surface area contributed by atoms with Gasteiger partial charge in [-0.05, 0) is 69.1 Å². The third-order valence-electron chi connectivity index (χ3n) is 6.29. The summed E-state index contributed by atoms with van der Waals surface area (Å²) in [6.45, 7) is 8.60. The Morgan fingerprint density at radius 2 is 1.70 bits per heavy atom. The minimum absolute atomic E-state index is 0.0406. The van der Waals surface area contributed by atoms with Gasteiger partial charge in [0, 0.05) is 36.9 Å². The van der Waals surface area contributed by atoms with Crippen molar-refractivity contribution < 1.29 is 4.79 Å². The predicted molar refractivity (Wildman–Crippen MR) is 128 cm³/mol. The molecule has 0 unspecified atom stereocenters. The summed E-state index contributed by atoms with van der Waals surface area (Å²) in [5.74, 6) is 2.21. The fourth-order valence-electron chi connectivity index (χ4n) is 4.43. The molecular weight excluding hydrogens is 414 g/mol. The molecule has 4 rings (SSSR count). The summed E-state index contributed by atoms with van der Waals surface area (Å²) in [6, 6.07) is 7.92. The van der Waals surface area contributed by atoms with Gasteiger partial charge in [0.2, 0.25) is 0 Å². The van der Waals surface area contributed by atoms with Crippen LogP contribution >= 0.6 is 0 Å². The number of hydrogen-bond acceptors (Lipinski definition) is 5. The van der Waals surface area contributed by atoms with E-state index >= 15 is 0 Å². The molecular formula is C25H35N7O. The van der Waals surface area contributed by atoms with Crippen molar-refractivity contribution in [1.82, 2.24) is 35.1 Å². The summed E-state index contributed by atoms with van der Waals surface area (Å²) in [6.07, 6.45) is 10.7. The first-order chi connectivity index (χ1) is 16.2. The van der Waals surface area contributed by atoms with Crippen molar-refractivity contribution in [3.8, 4) is 0 Å². The van der Waals surface area contributed by atoms with Gasteiger partial charge in [-0.15, -0.1) is 0 Å². The van der Waals surface area contributed by atoms with Crippen LogP contribution in [0.4, 0.5) is 0 Å². The van der Waals surface area contributed by atoms with Crippen molar-refractivity contribution in [3.05, 3.63) is 71.8 Å². The zero-order valence-electron chi connectivity index (χ0n) is 19.5. The Balaban J connectivity index is 1.29. The molecule has 0 atom stereocenters. The number of carbonyl (C=O) groups is 1. The number of carbonyl (C=O) groups excluding carboxylic acids is 1. The minimum Gasteiger partial charge on any atom is -0.347 e. The molecule has 1 saturated heterocycles. The van der Waals surface area contributed by atoms with Gasteiger partial charge >= 0.3 is 0 Å². The maximum Gasteiger partial charge on any atom is 0.254 e. The molecule has 0 bridgehead atoms. The Kier molecular flexibility index (Phi) is 8.27. The maximum atomic E-state index is 13.2. The second kappa shape index (κ2) is 11.8. The molecule has 0 spiro atoms. The standard InChI is InChI=1S/C25H35N7O/c1-2-13-31-14-7-21(8-15-31)17-26-16-20-3-5-22(6-4-20)25(33)32(18-23-27-9-10-28-23)19-24-29-11-12-30-24/h3-6,9-12,21,26H,2,7-8,13-19H2,1H3,(H,27,28)(H,29,30). The van der Waals surface area contributed by atoms with Crippen LogP contribution in [0.15, 0.2) is 49.1 Å². The molecule has 8 nitrogen and oxygen atoms in total.